The lowest BCUT2D eigenvalue weighted by molar-refractivity contribution is 0.633. The maximum atomic E-state index is 4.23. The van der Waals surface area contributed by atoms with Crippen LogP contribution in [-0.4, -0.2) is 6.54 Å². The third-order valence-electron chi connectivity index (χ3n) is 3.71. The van der Waals surface area contributed by atoms with Crippen LogP contribution in [0.1, 0.15) is 25.0 Å². The summed E-state index contributed by atoms with van der Waals surface area (Å²) in [4.78, 5) is 2.39. The maximum absolute atomic E-state index is 4.23. The Morgan fingerprint density at radius 3 is 2.93 bits per heavy atom. The molecule has 2 heterocycles. The zero-order valence-electron chi connectivity index (χ0n) is 8.80. The summed E-state index contributed by atoms with van der Waals surface area (Å²) in [5.74, 6) is 0. The fourth-order valence-electron chi connectivity index (χ4n) is 2.72. The molecule has 14 heavy (non-hydrogen) atoms. The van der Waals surface area contributed by atoms with Gasteiger partial charge in [0.2, 0.25) is 0 Å². The molecule has 0 fully saturated rings. The molecule has 72 valence electrons. The molecule has 0 spiro atoms. The van der Waals surface area contributed by atoms with Gasteiger partial charge in [0.25, 0.3) is 0 Å². The standard InChI is InChI=1S/C13H15N/c1-9-13(2,3)11-6-4-5-10-7-8-14(9)12(10)11/h4-6H,1,7-8H2,2-3H3. The largest absolute Gasteiger partial charge is 0.344 e. The minimum absolute atomic E-state index is 0.131. The molecule has 0 atom stereocenters. The highest BCUT2D eigenvalue weighted by Crippen LogP contribution is 2.50. The average Bonchev–Trinajstić information content (AvgIpc) is 2.65. The minimum Gasteiger partial charge on any atom is -0.344 e. The molecule has 0 aromatic heterocycles. The van der Waals surface area contributed by atoms with E-state index < -0.39 is 0 Å². The number of rotatable bonds is 0. The first-order valence-electron chi connectivity index (χ1n) is 5.21. The monoisotopic (exact) mass is 185 g/mol. The Bertz CT molecular complexity index is 429. The van der Waals surface area contributed by atoms with Crippen molar-refractivity contribution < 1.29 is 0 Å². The van der Waals surface area contributed by atoms with E-state index >= 15 is 0 Å². The number of benzene rings is 1. The molecule has 2 aliphatic rings. The van der Waals surface area contributed by atoms with Gasteiger partial charge in [-0.1, -0.05) is 38.6 Å². The molecule has 0 unspecified atom stereocenters. The predicted molar refractivity (Wildman–Crippen MR) is 59.7 cm³/mol. The van der Waals surface area contributed by atoms with Crippen molar-refractivity contribution in [3.8, 4) is 0 Å². The first-order valence-corrected chi connectivity index (χ1v) is 5.21. The summed E-state index contributed by atoms with van der Waals surface area (Å²) in [5, 5.41) is 0. The summed E-state index contributed by atoms with van der Waals surface area (Å²) in [7, 11) is 0. The number of hydrogen-bond acceptors (Lipinski definition) is 1. The molecule has 0 amide bonds. The summed E-state index contributed by atoms with van der Waals surface area (Å²) >= 11 is 0. The van der Waals surface area contributed by atoms with Gasteiger partial charge in [-0.2, -0.15) is 0 Å². The lowest BCUT2D eigenvalue weighted by atomic mass is 9.83. The number of nitrogens with zero attached hydrogens (tertiary/aromatic N) is 1. The van der Waals surface area contributed by atoms with Crippen LogP contribution in [-0.2, 0) is 11.8 Å². The Kier molecular flexibility index (Phi) is 1.28. The Morgan fingerprint density at radius 1 is 1.36 bits per heavy atom. The van der Waals surface area contributed by atoms with Crippen LogP contribution in [0, 0.1) is 0 Å². The second-order valence-electron chi connectivity index (χ2n) is 4.79. The van der Waals surface area contributed by atoms with Gasteiger partial charge in [-0.25, -0.2) is 0 Å². The van der Waals surface area contributed by atoms with Crippen LogP contribution in [0.4, 0.5) is 5.69 Å². The average molecular weight is 185 g/mol. The molecule has 0 aliphatic carbocycles. The van der Waals surface area contributed by atoms with Crippen LogP contribution in [0.5, 0.6) is 0 Å². The van der Waals surface area contributed by atoms with Crippen molar-refractivity contribution in [1.82, 2.24) is 0 Å². The van der Waals surface area contributed by atoms with Gasteiger partial charge in [-0.15, -0.1) is 0 Å². The Hall–Kier alpha value is -1.24. The van der Waals surface area contributed by atoms with Crippen LogP contribution in [0.15, 0.2) is 30.5 Å². The van der Waals surface area contributed by atoms with Crippen molar-refractivity contribution >= 4 is 5.69 Å². The molecule has 1 nitrogen and oxygen atoms in total. The lowest BCUT2D eigenvalue weighted by Crippen LogP contribution is -2.24. The van der Waals surface area contributed by atoms with Crippen molar-refractivity contribution in [3.05, 3.63) is 41.6 Å². The number of hydrogen-bond donors (Lipinski definition) is 0. The van der Waals surface area contributed by atoms with Crippen molar-refractivity contribution in [2.75, 3.05) is 11.4 Å². The van der Waals surface area contributed by atoms with Gasteiger partial charge in [0, 0.05) is 23.3 Å². The second-order valence-corrected chi connectivity index (χ2v) is 4.79. The van der Waals surface area contributed by atoms with Crippen LogP contribution in [0.3, 0.4) is 0 Å². The van der Waals surface area contributed by atoms with Gasteiger partial charge in [-0.3, -0.25) is 0 Å². The van der Waals surface area contributed by atoms with Crippen molar-refractivity contribution in [2.24, 2.45) is 0 Å². The number of para-hydroxylation sites is 1. The molecule has 1 heteroatoms. The van der Waals surface area contributed by atoms with Crippen LogP contribution >= 0.6 is 0 Å². The van der Waals surface area contributed by atoms with E-state index in [0.717, 1.165) is 6.54 Å². The minimum atomic E-state index is 0.131. The van der Waals surface area contributed by atoms with E-state index in [1.54, 1.807) is 0 Å². The smallest absolute Gasteiger partial charge is 0.0483 e. The zero-order valence-corrected chi connectivity index (χ0v) is 8.80. The zero-order chi connectivity index (χ0) is 9.92. The molecule has 0 radical (unpaired) electrons. The van der Waals surface area contributed by atoms with E-state index in [9.17, 15) is 0 Å². The summed E-state index contributed by atoms with van der Waals surface area (Å²) in [6, 6.07) is 6.67. The van der Waals surface area contributed by atoms with E-state index in [0.29, 0.717) is 0 Å². The highest BCUT2D eigenvalue weighted by molar-refractivity contribution is 5.75. The summed E-state index contributed by atoms with van der Waals surface area (Å²) in [6.45, 7) is 9.89. The van der Waals surface area contributed by atoms with Gasteiger partial charge >= 0.3 is 0 Å². The molecular formula is C13H15N. The SMILES string of the molecule is C=C1N2CCc3cccc(c32)C1(C)C. The molecule has 3 rings (SSSR count). The molecule has 0 N–H and O–H groups in total. The topological polar surface area (TPSA) is 3.24 Å². The Morgan fingerprint density at radius 2 is 2.14 bits per heavy atom. The summed E-state index contributed by atoms with van der Waals surface area (Å²) < 4.78 is 0. The predicted octanol–water partition coefficient (Wildman–Crippen LogP) is 2.85. The van der Waals surface area contributed by atoms with E-state index in [1.807, 2.05) is 0 Å². The highest BCUT2D eigenvalue weighted by atomic mass is 15.2. The van der Waals surface area contributed by atoms with E-state index in [4.69, 9.17) is 0 Å². The normalized spacial score (nSPS) is 21.6. The molecular weight excluding hydrogens is 170 g/mol. The highest BCUT2D eigenvalue weighted by Gasteiger charge is 2.42. The third kappa shape index (κ3) is 0.719. The quantitative estimate of drug-likeness (QED) is 0.600. The second kappa shape index (κ2) is 2.22. The van der Waals surface area contributed by atoms with Crippen molar-refractivity contribution in [1.29, 1.82) is 0 Å². The van der Waals surface area contributed by atoms with Crippen molar-refractivity contribution in [2.45, 2.75) is 25.7 Å². The molecule has 1 aromatic carbocycles. The fraction of sp³-hybridized carbons (Fsp3) is 0.385. The molecule has 0 bridgehead atoms. The van der Waals surface area contributed by atoms with Crippen LogP contribution in [0.2, 0.25) is 0 Å². The lowest BCUT2D eigenvalue weighted by Gasteiger charge is -2.24. The van der Waals surface area contributed by atoms with Gasteiger partial charge in [0.1, 0.15) is 0 Å². The molecule has 0 saturated heterocycles. The van der Waals surface area contributed by atoms with E-state index in [2.05, 4.69) is 43.5 Å². The van der Waals surface area contributed by atoms with Gasteiger partial charge in [-0.05, 0) is 17.5 Å². The number of allylic oxidation sites excluding steroid dienone is 1. The molecule has 1 aromatic rings. The Labute approximate surface area is 85.0 Å². The molecule has 2 aliphatic heterocycles. The van der Waals surface area contributed by atoms with Gasteiger partial charge in [0.05, 0.1) is 0 Å². The van der Waals surface area contributed by atoms with E-state index in [1.165, 1.54) is 28.9 Å². The van der Waals surface area contributed by atoms with Gasteiger partial charge < -0.3 is 4.90 Å². The van der Waals surface area contributed by atoms with Gasteiger partial charge in [0.15, 0.2) is 0 Å². The summed E-state index contributed by atoms with van der Waals surface area (Å²) in [5.41, 5.74) is 5.79. The van der Waals surface area contributed by atoms with Crippen molar-refractivity contribution in [3.63, 3.8) is 0 Å². The maximum Gasteiger partial charge on any atom is 0.0483 e. The van der Waals surface area contributed by atoms with Crippen LogP contribution < -0.4 is 4.90 Å². The van der Waals surface area contributed by atoms with E-state index in [-0.39, 0.29) is 5.41 Å². The first kappa shape index (κ1) is 8.10. The van der Waals surface area contributed by atoms with Crippen LogP contribution in [0.25, 0.3) is 0 Å². The molecule has 0 saturated carbocycles. The Balaban J connectivity index is 2.35. The first-order chi connectivity index (χ1) is 6.62. The number of anilines is 1. The summed E-state index contributed by atoms with van der Waals surface area (Å²) in [6.07, 6.45) is 1.18. The fourth-order valence-corrected chi connectivity index (χ4v) is 2.72. The third-order valence-corrected chi connectivity index (χ3v) is 3.71.